The van der Waals surface area contributed by atoms with Gasteiger partial charge in [0.1, 0.15) is 11.9 Å². The quantitative estimate of drug-likeness (QED) is 0.785. The van der Waals surface area contributed by atoms with Gasteiger partial charge in [0.05, 0.1) is 11.7 Å². The Morgan fingerprint density at radius 1 is 1.41 bits per heavy atom. The molecule has 3 rings (SSSR count). The SMILES string of the molecule is N#Cc1cccnc1N1CC2CCC(O)C2C1. The molecule has 1 saturated carbocycles. The smallest absolute Gasteiger partial charge is 0.146 e. The summed E-state index contributed by atoms with van der Waals surface area (Å²) in [5.41, 5.74) is 0.627. The number of nitrogens with zero attached hydrogens (tertiary/aromatic N) is 3. The van der Waals surface area contributed by atoms with E-state index in [0.29, 0.717) is 17.4 Å². The van der Waals surface area contributed by atoms with Crippen molar-refractivity contribution in [1.29, 1.82) is 5.26 Å². The highest BCUT2D eigenvalue weighted by atomic mass is 16.3. The van der Waals surface area contributed by atoms with Crippen molar-refractivity contribution in [2.75, 3.05) is 18.0 Å². The third kappa shape index (κ3) is 1.67. The number of fused-ring (bicyclic) bond motifs is 1. The number of pyridine rings is 1. The Balaban J connectivity index is 1.86. The second-order valence-corrected chi connectivity index (χ2v) is 4.96. The molecule has 4 heteroatoms. The number of rotatable bonds is 1. The largest absolute Gasteiger partial charge is 0.393 e. The molecule has 0 amide bonds. The number of hydrogen-bond acceptors (Lipinski definition) is 4. The van der Waals surface area contributed by atoms with Crippen molar-refractivity contribution in [3.05, 3.63) is 23.9 Å². The first-order valence-electron chi connectivity index (χ1n) is 6.07. The summed E-state index contributed by atoms with van der Waals surface area (Å²) < 4.78 is 0. The van der Waals surface area contributed by atoms with Gasteiger partial charge in [-0.15, -0.1) is 0 Å². The predicted molar refractivity (Wildman–Crippen MR) is 63.4 cm³/mol. The highest BCUT2D eigenvalue weighted by Crippen LogP contribution is 2.39. The van der Waals surface area contributed by atoms with Crippen LogP contribution in [0.15, 0.2) is 18.3 Å². The lowest BCUT2D eigenvalue weighted by atomic mass is 10.00. The first-order chi connectivity index (χ1) is 8.29. The van der Waals surface area contributed by atoms with Gasteiger partial charge in [0, 0.05) is 25.2 Å². The van der Waals surface area contributed by atoms with E-state index < -0.39 is 0 Å². The molecule has 1 N–H and O–H groups in total. The van der Waals surface area contributed by atoms with Gasteiger partial charge in [-0.05, 0) is 30.9 Å². The Bertz CT molecular complexity index is 468. The molecule has 0 radical (unpaired) electrons. The van der Waals surface area contributed by atoms with Crippen molar-refractivity contribution >= 4 is 5.82 Å². The Morgan fingerprint density at radius 3 is 3.06 bits per heavy atom. The van der Waals surface area contributed by atoms with Crippen LogP contribution in [0, 0.1) is 23.2 Å². The van der Waals surface area contributed by atoms with Gasteiger partial charge in [-0.1, -0.05) is 0 Å². The molecule has 1 aliphatic heterocycles. The van der Waals surface area contributed by atoms with Crippen molar-refractivity contribution in [3.63, 3.8) is 0 Å². The van der Waals surface area contributed by atoms with Crippen LogP contribution in [0.2, 0.25) is 0 Å². The summed E-state index contributed by atoms with van der Waals surface area (Å²) >= 11 is 0. The summed E-state index contributed by atoms with van der Waals surface area (Å²) in [5, 5.41) is 18.9. The zero-order chi connectivity index (χ0) is 11.8. The molecule has 88 valence electrons. The van der Waals surface area contributed by atoms with Gasteiger partial charge in [-0.2, -0.15) is 5.26 Å². The standard InChI is InChI=1S/C13H15N3O/c14-6-9-2-1-5-15-13(9)16-7-10-3-4-12(17)11(10)8-16/h1-2,5,10-12,17H,3-4,7-8H2. The average Bonchev–Trinajstić information content (AvgIpc) is 2.92. The van der Waals surface area contributed by atoms with Gasteiger partial charge >= 0.3 is 0 Å². The summed E-state index contributed by atoms with van der Waals surface area (Å²) in [5.74, 6) is 1.71. The minimum absolute atomic E-state index is 0.167. The molecule has 2 aliphatic rings. The lowest BCUT2D eigenvalue weighted by Gasteiger charge is -2.20. The van der Waals surface area contributed by atoms with E-state index in [9.17, 15) is 5.11 Å². The van der Waals surface area contributed by atoms with E-state index in [2.05, 4.69) is 16.0 Å². The van der Waals surface area contributed by atoms with Gasteiger partial charge in [0.25, 0.3) is 0 Å². The Kier molecular flexibility index (Phi) is 2.49. The van der Waals surface area contributed by atoms with Crippen LogP contribution in [0.4, 0.5) is 5.82 Å². The average molecular weight is 229 g/mol. The van der Waals surface area contributed by atoms with Gasteiger partial charge < -0.3 is 10.0 Å². The molecule has 4 nitrogen and oxygen atoms in total. The van der Waals surface area contributed by atoms with E-state index in [-0.39, 0.29) is 6.10 Å². The summed E-state index contributed by atoms with van der Waals surface area (Å²) in [4.78, 5) is 6.45. The molecule has 1 aliphatic carbocycles. The summed E-state index contributed by atoms with van der Waals surface area (Å²) in [6.07, 6.45) is 3.58. The van der Waals surface area contributed by atoms with Crippen LogP contribution in [-0.4, -0.2) is 29.3 Å². The second kappa shape index (κ2) is 4.01. The summed E-state index contributed by atoms with van der Waals surface area (Å²) in [6, 6.07) is 5.77. The maximum absolute atomic E-state index is 9.88. The van der Waals surface area contributed by atoms with Crippen molar-refractivity contribution < 1.29 is 5.11 Å². The zero-order valence-electron chi connectivity index (χ0n) is 9.58. The zero-order valence-corrected chi connectivity index (χ0v) is 9.58. The maximum atomic E-state index is 9.88. The molecule has 2 heterocycles. The molecule has 0 bridgehead atoms. The molecular weight excluding hydrogens is 214 g/mol. The Morgan fingerprint density at radius 2 is 2.29 bits per heavy atom. The number of aliphatic hydroxyl groups is 1. The minimum atomic E-state index is -0.167. The summed E-state index contributed by atoms with van der Waals surface area (Å²) in [7, 11) is 0. The fourth-order valence-corrected chi connectivity index (χ4v) is 3.15. The van der Waals surface area contributed by atoms with Crippen LogP contribution < -0.4 is 4.90 Å². The van der Waals surface area contributed by atoms with Crippen molar-refractivity contribution in [2.45, 2.75) is 18.9 Å². The minimum Gasteiger partial charge on any atom is -0.393 e. The molecule has 1 aromatic heterocycles. The normalized spacial score (nSPS) is 31.3. The number of aliphatic hydroxyl groups excluding tert-OH is 1. The van der Waals surface area contributed by atoms with Crippen molar-refractivity contribution in [3.8, 4) is 6.07 Å². The molecule has 17 heavy (non-hydrogen) atoms. The highest BCUT2D eigenvalue weighted by molar-refractivity contribution is 5.54. The molecule has 1 saturated heterocycles. The third-order valence-electron chi connectivity index (χ3n) is 4.03. The molecule has 0 aromatic carbocycles. The number of hydrogen-bond donors (Lipinski definition) is 1. The molecule has 0 spiro atoms. The van der Waals surface area contributed by atoms with E-state index >= 15 is 0 Å². The van der Waals surface area contributed by atoms with E-state index in [4.69, 9.17) is 5.26 Å². The maximum Gasteiger partial charge on any atom is 0.146 e. The van der Waals surface area contributed by atoms with Crippen molar-refractivity contribution in [2.24, 2.45) is 11.8 Å². The molecule has 3 unspecified atom stereocenters. The monoisotopic (exact) mass is 229 g/mol. The van der Waals surface area contributed by atoms with Gasteiger partial charge in [-0.25, -0.2) is 4.98 Å². The fourth-order valence-electron chi connectivity index (χ4n) is 3.15. The first-order valence-corrected chi connectivity index (χ1v) is 6.07. The Labute approximate surface area is 101 Å². The fraction of sp³-hybridized carbons (Fsp3) is 0.538. The highest BCUT2D eigenvalue weighted by Gasteiger charge is 2.42. The first kappa shape index (κ1) is 10.5. The van der Waals surface area contributed by atoms with Crippen molar-refractivity contribution in [1.82, 2.24) is 4.98 Å². The predicted octanol–water partition coefficient (Wildman–Crippen LogP) is 1.16. The van der Waals surface area contributed by atoms with Gasteiger partial charge in [0.15, 0.2) is 0 Å². The van der Waals surface area contributed by atoms with Gasteiger partial charge in [0.2, 0.25) is 0 Å². The molecule has 2 fully saturated rings. The van der Waals surface area contributed by atoms with E-state index in [1.807, 2.05) is 0 Å². The van der Waals surface area contributed by atoms with Crippen LogP contribution in [0.5, 0.6) is 0 Å². The summed E-state index contributed by atoms with van der Waals surface area (Å²) in [6.45, 7) is 1.75. The number of nitriles is 1. The van der Waals surface area contributed by atoms with E-state index in [1.54, 1.807) is 18.3 Å². The lowest BCUT2D eigenvalue weighted by molar-refractivity contribution is 0.133. The van der Waals surface area contributed by atoms with Gasteiger partial charge in [-0.3, -0.25) is 0 Å². The van der Waals surface area contributed by atoms with E-state index in [1.165, 1.54) is 0 Å². The Hall–Kier alpha value is -1.60. The third-order valence-corrected chi connectivity index (χ3v) is 4.03. The molecule has 1 aromatic rings. The second-order valence-electron chi connectivity index (χ2n) is 4.96. The van der Waals surface area contributed by atoms with Crippen LogP contribution in [-0.2, 0) is 0 Å². The van der Waals surface area contributed by atoms with Crippen LogP contribution in [0.1, 0.15) is 18.4 Å². The lowest BCUT2D eigenvalue weighted by Crippen LogP contribution is -2.25. The number of anilines is 1. The number of aromatic nitrogens is 1. The topological polar surface area (TPSA) is 60.2 Å². The molecule has 3 atom stereocenters. The van der Waals surface area contributed by atoms with Crippen LogP contribution >= 0.6 is 0 Å². The molecular formula is C13H15N3O. The van der Waals surface area contributed by atoms with Crippen LogP contribution in [0.3, 0.4) is 0 Å². The van der Waals surface area contributed by atoms with E-state index in [0.717, 1.165) is 31.7 Å². The van der Waals surface area contributed by atoms with Crippen LogP contribution in [0.25, 0.3) is 0 Å².